The van der Waals surface area contributed by atoms with Crippen molar-refractivity contribution in [2.24, 2.45) is 5.92 Å². The second kappa shape index (κ2) is 7.63. The lowest BCUT2D eigenvalue weighted by Gasteiger charge is -2.18. The Bertz CT molecular complexity index is 663. The van der Waals surface area contributed by atoms with E-state index in [1.165, 1.54) is 7.11 Å². The van der Waals surface area contributed by atoms with Gasteiger partial charge in [-0.2, -0.15) is 0 Å². The number of carbonyl (C=O) groups excluding carboxylic acids is 2. The van der Waals surface area contributed by atoms with Crippen LogP contribution < -0.4 is 0 Å². The summed E-state index contributed by atoms with van der Waals surface area (Å²) < 4.78 is 11.7. The summed E-state index contributed by atoms with van der Waals surface area (Å²) in [6, 6.07) is 13.4. The molecule has 1 aromatic heterocycles. The fraction of sp³-hybridized carbons (Fsp3) is 0.333. The summed E-state index contributed by atoms with van der Waals surface area (Å²) in [7, 11) is 1.31. The molecule has 5 heteroatoms. The number of hydrogen-bond acceptors (Lipinski definition) is 4. The largest absolute Gasteiger partial charge is 0.469 e. The molecule has 0 aliphatic carbocycles. The zero-order valence-electron chi connectivity index (χ0n) is 13.6. The minimum absolute atomic E-state index is 0.00357. The van der Waals surface area contributed by atoms with E-state index in [4.69, 9.17) is 4.74 Å². The Hall–Kier alpha value is -2.56. The fourth-order valence-corrected chi connectivity index (χ4v) is 2.34. The van der Waals surface area contributed by atoms with Crippen molar-refractivity contribution < 1.29 is 19.1 Å². The molecule has 0 bridgehead atoms. The van der Waals surface area contributed by atoms with Crippen LogP contribution in [0.2, 0.25) is 0 Å². The van der Waals surface area contributed by atoms with Gasteiger partial charge >= 0.3 is 11.9 Å². The average Bonchev–Trinajstić information content (AvgIpc) is 3.08. The van der Waals surface area contributed by atoms with Crippen LogP contribution in [0.5, 0.6) is 0 Å². The summed E-state index contributed by atoms with van der Waals surface area (Å²) >= 11 is 0. The van der Waals surface area contributed by atoms with Gasteiger partial charge in [0.15, 0.2) is 0 Å². The Morgan fingerprint density at radius 3 is 2.43 bits per heavy atom. The molecule has 0 N–H and O–H groups in total. The summed E-state index contributed by atoms with van der Waals surface area (Å²) in [4.78, 5) is 23.6. The van der Waals surface area contributed by atoms with Crippen LogP contribution in [-0.2, 0) is 14.3 Å². The normalized spacial score (nSPS) is 13.2. The Balaban J connectivity index is 2.08. The molecule has 5 nitrogen and oxygen atoms in total. The van der Waals surface area contributed by atoms with Crippen LogP contribution in [0.4, 0.5) is 0 Å². The second-order valence-electron chi connectivity index (χ2n) is 5.41. The fourth-order valence-electron chi connectivity index (χ4n) is 2.34. The van der Waals surface area contributed by atoms with E-state index in [1.54, 1.807) is 19.1 Å². The van der Waals surface area contributed by atoms with Gasteiger partial charge < -0.3 is 14.0 Å². The predicted molar refractivity (Wildman–Crippen MR) is 86.1 cm³/mol. The van der Waals surface area contributed by atoms with E-state index in [9.17, 15) is 9.59 Å². The summed E-state index contributed by atoms with van der Waals surface area (Å²) in [5, 5.41) is 0. The average molecular weight is 315 g/mol. The topological polar surface area (TPSA) is 57.5 Å². The molecule has 122 valence electrons. The van der Waals surface area contributed by atoms with E-state index < -0.39 is 17.9 Å². The maximum absolute atomic E-state index is 12.3. The first-order valence-electron chi connectivity index (χ1n) is 7.51. The van der Waals surface area contributed by atoms with Crippen molar-refractivity contribution in [1.29, 1.82) is 0 Å². The first-order chi connectivity index (χ1) is 11.0. The van der Waals surface area contributed by atoms with Gasteiger partial charge in [-0.15, -0.1) is 0 Å². The molecule has 0 saturated carbocycles. The number of esters is 2. The Morgan fingerprint density at radius 2 is 1.78 bits per heavy atom. The van der Waals surface area contributed by atoms with Crippen molar-refractivity contribution in [3.8, 4) is 0 Å². The van der Waals surface area contributed by atoms with E-state index in [2.05, 4.69) is 4.74 Å². The molecule has 0 spiro atoms. The lowest BCUT2D eigenvalue weighted by atomic mass is 10.1. The van der Waals surface area contributed by atoms with Crippen LogP contribution in [0, 0.1) is 5.92 Å². The third-order valence-electron chi connectivity index (χ3n) is 3.76. The Labute approximate surface area is 135 Å². The Kier molecular flexibility index (Phi) is 5.57. The quantitative estimate of drug-likeness (QED) is 0.769. The monoisotopic (exact) mass is 315 g/mol. The zero-order valence-corrected chi connectivity index (χ0v) is 13.6. The number of rotatable bonds is 6. The molecule has 2 unspecified atom stereocenters. The zero-order chi connectivity index (χ0) is 16.8. The molecule has 1 aromatic carbocycles. The third kappa shape index (κ3) is 4.00. The Morgan fingerprint density at radius 1 is 1.09 bits per heavy atom. The highest BCUT2D eigenvalue weighted by atomic mass is 16.5. The number of carbonyl (C=O) groups is 2. The van der Waals surface area contributed by atoms with Gasteiger partial charge in [0.05, 0.1) is 19.1 Å². The number of benzene rings is 1. The summed E-state index contributed by atoms with van der Waals surface area (Å²) in [6.07, 6.45) is 1.85. The summed E-state index contributed by atoms with van der Waals surface area (Å²) in [5.41, 5.74) is 1.55. The van der Waals surface area contributed by atoms with Gasteiger partial charge in [-0.05, 0) is 31.5 Å². The van der Waals surface area contributed by atoms with E-state index >= 15 is 0 Å². The molecule has 0 fully saturated rings. The SMILES string of the molecule is COC(=O)C(C)COC(=O)c1cccn1C(C)c1ccccc1. The maximum Gasteiger partial charge on any atom is 0.354 e. The number of aromatic nitrogens is 1. The molecule has 2 rings (SSSR count). The molecule has 1 heterocycles. The van der Waals surface area contributed by atoms with Crippen molar-refractivity contribution in [3.05, 3.63) is 59.9 Å². The first-order valence-corrected chi connectivity index (χ1v) is 7.51. The number of hydrogen-bond donors (Lipinski definition) is 0. The van der Waals surface area contributed by atoms with E-state index in [-0.39, 0.29) is 12.6 Å². The van der Waals surface area contributed by atoms with Gasteiger partial charge in [0.1, 0.15) is 12.3 Å². The highest BCUT2D eigenvalue weighted by Crippen LogP contribution is 2.20. The number of methoxy groups -OCH3 is 1. The molecular formula is C18H21NO4. The van der Waals surface area contributed by atoms with Gasteiger partial charge in [-0.1, -0.05) is 30.3 Å². The molecule has 23 heavy (non-hydrogen) atoms. The van der Waals surface area contributed by atoms with Gasteiger partial charge in [0.25, 0.3) is 0 Å². The highest BCUT2D eigenvalue weighted by Gasteiger charge is 2.20. The van der Waals surface area contributed by atoms with E-state index in [0.29, 0.717) is 5.69 Å². The van der Waals surface area contributed by atoms with Crippen molar-refractivity contribution in [2.45, 2.75) is 19.9 Å². The molecule has 2 atom stereocenters. The van der Waals surface area contributed by atoms with Crippen LogP contribution in [-0.4, -0.2) is 30.2 Å². The van der Waals surface area contributed by atoms with Crippen molar-refractivity contribution >= 4 is 11.9 Å². The minimum atomic E-state index is -0.487. The van der Waals surface area contributed by atoms with E-state index in [0.717, 1.165) is 5.56 Å². The van der Waals surface area contributed by atoms with Gasteiger partial charge in [0.2, 0.25) is 0 Å². The number of nitrogens with zero attached hydrogens (tertiary/aromatic N) is 1. The van der Waals surface area contributed by atoms with Crippen LogP contribution in [0.25, 0.3) is 0 Å². The molecule has 0 amide bonds. The van der Waals surface area contributed by atoms with Gasteiger partial charge in [0, 0.05) is 6.20 Å². The standard InChI is InChI=1S/C18H21NO4/c1-13(17(20)22-3)12-23-18(21)16-10-7-11-19(16)14(2)15-8-5-4-6-9-15/h4-11,13-14H,12H2,1-3H3. The number of ether oxygens (including phenoxy) is 2. The van der Waals surface area contributed by atoms with Crippen molar-refractivity contribution in [2.75, 3.05) is 13.7 Å². The van der Waals surface area contributed by atoms with Crippen LogP contribution >= 0.6 is 0 Å². The van der Waals surface area contributed by atoms with Crippen LogP contribution in [0.1, 0.15) is 35.9 Å². The third-order valence-corrected chi connectivity index (χ3v) is 3.76. The maximum atomic E-state index is 12.3. The molecular weight excluding hydrogens is 294 g/mol. The smallest absolute Gasteiger partial charge is 0.354 e. The van der Waals surface area contributed by atoms with Crippen LogP contribution in [0.3, 0.4) is 0 Å². The predicted octanol–water partition coefficient (Wildman–Crippen LogP) is 3.06. The molecule has 0 aliphatic heterocycles. The summed E-state index contributed by atoms with van der Waals surface area (Å²) in [5.74, 6) is -1.33. The minimum Gasteiger partial charge on any atom is -0.469 e. The molecule has 0 radical (unpaired) electrons. The second-order valence-corrected chi connectivity index (χ2v) is 5.41. The molecule has 0 aliphatic rings. The lowest BCUT2D eigenvalue weighted by Crippen LogP contribution is -2.22. The van der Waals surface area contributed by atoms with Crippen LogP contribution in [0.15, 0.2) is 48.7 Å². The van der Waals surface area contributed by atoms with Crippen molar-refractivity contribution in [3.63, 3.8) is 0 Å². The van der Waals surface area contributed by atoms with Gasteiger partial charge in [-0.3, -0.25) is 4.79 Å². The highest BCUT2D eigenvalue weighted by molar-refractivity contribution is 5.88. The summed E-state index contributed by atoms with van der Waals surface area (Å²) in [6.45, 7) is 3.67. The van der Waals surface area contributed by atoms with E-state index in [1.807, 2.05) is 48.0 Å². The van der Waals surface area contributed by atoms with Gasteiger partial charge in [-0.25, -0.2) is 4.79 Å². The lowest BCUT2D eigenvalue weighted by molar-refractivity contribution is -0.146. The molecule has 2 aromatic rings. The molecule has 0 saturated heterocycles. The van der Waals surface area contributed by atoms with Crippen molar-refractivity contribution in [1.82, 2.24) is 4.57 Å². The first kappa shape index (κ1) is 16.8.